The summed E-state index contributed by atoms with van der Waals surface area (Å²) in [5.74, 6) is 0.205. The number of ether oxygens (including phenoxy) is 2. The first-order chi connectivity index (χ1) is 18.3. The van der Waals surface area contributed by atoms with Crippen molar-refractivity contribution in [3.05, 3.63) is 85.0 Å². The maximum Gasteiger partial charge on any atom is 0.282 e. The van der Waals surface area contributed by atoms with Crippen LogP contribution in [-0.2, 0) is 4.79 Å². The largest absolute Gasteiger partial charge is 0.493 e. The van der Waals surface area contributed by atoms with Crippen molar-refractivity contribution < 1.29 is 18.7 Å². The fourth-order valence-corrected chi connectivity index (χ4v) is 4.60. The number of fused-ring (bicyclic) bond motifs is 2. The molecule has 0 aliphatic heterocycles. The monoisotopic (exact) mass is 614 g/mol. The van der Waals surface area contributed by atoms with E-state index in [2.05, 4.69) is 26.0 Å². The third-order valence-electron chi connectivity index (χ3n) is 5.50. The van der Waals surface area contributed by atoms with Crippen LogP contribution >= 0.6 is 39.1 Å². The summed E-state index contributed by atoms with van der Waals surface area (Å²) in [4.78, 5) is 29.3. The molecule has 38 heavy (non-hydrogen) atoms. The number of carbonyl (C=O) groups is 1. The molecule has 0 bridgehead atoms. The van der Waals surface area contributed by atoms with Gasteiger partial charge in [-0.05, 0) is 58.4 Å². The predicted octanol–water partition coefficient (Wildman–Crippen LogP) is 5.63. The van der Waals surface area contributed by atoms with E-state index in [1.807, 2.05) is 0 Å². The number of halogens is 3. The van der Waals surface area contributed by atoms with Crippen LogP contribution in [-0.4, -0.2) is 35.5 Å². The molecule has 1 amide bonds. The predicted molar refractivity (Wildman–Crippen MR) is 150 cm³/mol. The van der Waals surface area contributed by atoms with Crippen molar-refractivity contribution >= 4 is 73.1 Å². The highest BCUT2D eigenvalue weighted by Gasteiger charge is 2.19. The van der Waals surface area contributed by atoms with Crippen molar-refractivity contribution in [1.29, 1.82) is 0 Å². The van der Waals surface area contributed by atoms with Crippen molar-refractivity contribution in [3.8, 4) is 23.1 Å². The first-order valence-electron chi connectivity index (χ1n) is 11.0. The number of nitrogens with zero attached hydrogens (tertiary/aromatic N) is 3. The molecule has 0 aliphatic carbocycles. The number of amides is 1. The third-order valence-corrected chi connectivity index (χ3v) is 7.18. The molecular formula is C26H17BrCl2N4O5. The molecule has 0 atom stereocenters. The maximum absolute atomic E-state index is 13.5. The van der Waals surface area contributed by atoms with E-state index >= 15 is 0 Å². The topological polar surface area (TPSA) is 122 Å². The Morgan fingerprint density at radius 3 is 2.76 bits per heavy atom. The zero-order chi connectivity index (χ0) is 27.0. The number of methoxy groups -OCH3 is 1. The Kier molecular flexibility index (Phi) is 7.11. The maximum atomic E-state index is 13.5. The van der Waals surface area contributed by atoms with Gasteiger partial charge in [0, 0.05) is 20.4 Å². The quantitative estimate of drug-likeness (QED) is 0.237. The minimum atomic E-state index is -0.673. The molecule has 2 heterocycles. The molecule has 0 saturated heterocycles. The average molecular weight is 616 g/mol. The second kappa shape index (κ2) is 10.5. The Morgan fingerprint density at radius 2 is 2.00 bits per heavy atom. The molecule has 192 valence electrons. The van der Waals surface area contributed by atoms with E-state index in [4.69, 9.17) is 42.8 Å². The lowest BCUT2D eigenvalue weighted by atomic mass is 10.2. The molecule has 0 saturated carbocycles. The van der Waals surface area contributed by atoms with Crippen LogP contribution in [0.2, 0.25) is 10.0 Å². The van der Waals surface area contributed by atoms with Gasteiger partial charge in [-0.1, -0.05) is 35.3 Å². The van der Waals surface area contributed by atoms with Crippen molar-refractivity contribution in [2.45, 2.75) is 0 Å². The Labute approximate surface area is 233 Å². The van der Waals surface area contributed by atoms with Crippen LogP contribution in [0.15, 0.2) is 73.4 Å². The molecule has 0 radical (unpaired) electrons. The average Bonchev–Trinajstić information content (AvgIpc) is 3.32. The standard InChI is InChI=1S/C26H17BrCl2N4O5/c1-36-19-10-14(22(27)23(29)24(19)37-12-21(30)34)11-31-33-25(32-17-5-3-2-4-16(17)26(33)35)20-9-13-8-15(28)6-7-18(13)38-20/h2-11H,12H2,1H3,(H2,30,34). The number of para-hydroxylation sites is 1. The van der Waals surface area contributed by atoms with Crippen LogP contribution in [0.5, 0.6) is 11.5 Å². The minimum Gasteiger partial charge on any atom is -0.493 e. The van der Waals surface area contributed by atoms with E-state index in [-0.39, 0.29) is 29.0 Å². The molecule has 0 aliphatic rings. The lowest BCUT2D eigenvalue weighted by molar-refractivity contribution is -0.119. The summed E-state index contributed by atoms with van der Waals surface area (Å²) in [5, 5.41) is 6.24. The van der Waals surface area contributed by atoms with E-state index < -0.39 is 11.5 Å². The minimum absolute atomic E-state index is 0.128. The summed E-state index contributed by atoms with van der Waals surface area (Å²) >= 11 is 16.0. The number of hydrogen-bond acceptors (Lipinski definition) is 7. The van der Waals surface area contributed by atoms with E-state index in [0.717, 1.165) is 10.1 Å². The van der Waals surface area contributed by atoms with E-state index in [1.165, 1.54) is 13.3 Å². The molecule has 12 heteroatoms. The number of rotatable bonds is 7. The van der Waals surface area contributed by atoms with Gasteiger partial charge in [0.2, 0.25) is 5.82 Å². The Balaban J connectivity index is 1.67. The molecule has 5 rings (SSSR count). The second-order valence-electron chi connectivity index (χ2n) is 7.99. The van der Waals surface area contributed by atoms with Crippen LogP contribution in [0.4, 0.5) is 0 Å². The Hall–Kier alpha value is -3.86. The highest BCUT2D eigenvalue weighted by atomic mass is 79.9. The number of furan rings is 1. The van der Waals surface area contributed by atoms with Crippen LogP contribution in [0.1, 0.15) is 5.56 Å². The van der Waals surface area contributed by atoms with Gasteiger partial charge in [-0.2, -0.15) is 9.78 Å². The zero-order valence-electron chi connectivity index (χ0n) is 19.6. The van der Waals surface area contributed by atoms with Gasteiger partial charge in [0.25, 0.3) is 11.5 Å². The van der Waals surface area contributed by atoms with Gasteiger partial charge >= 0.3 is 0 Å². The van der Waals surface area contributed by atoms with E-state index in [9.17, 15) is 9.59 Å². The fraction of sp³-hybridized carbons (Fsp3) is 0.0769. The molecule has 2 aromatic heterocycles. The molecule has 2 N–H and O–H groups in total. The van der Waals surface area contributed by atoms with Crippen molar-refractivity contribution in [2.75, 3.05) is 13.7 Å². The first kappa shape index (κ1) is 25.8. The van der Waals surface area contributed by atoms with Gasteiger partial charge in [-0.3, -0.25) is 9.59 Å². The molecule has 3 aromatic carbocycles. The summed E-state index contributed by atoms with van der Waals surface area (Å²) in [5.41, 5.74) is 6.29. The number of aromatic nitrogens is 2. The van der Waals surface area contributed by atoms with Crippen LogP contribution in [0.3, 0.4) is 0 Å². The summed E-state index contributed by atoms with van der Waals surface area (Å²) in [6, 6.07) is 15.5. The van der Waals surface area contributed by atoms with Crippen molar-refractivity contribution in [1.82, 2.24) is 9.66 Å². The van der Waals surface area contributed by atoms with Crippen LogP contribution < -0.4 is 20.8 Å². The summed E-state index contributed by atoms with van der Waals surface area (Å²) in [6.07, 6.45) is 1.41. The smallest absolute Gasteiger partial charge is 0.282 e. The van der Waals surface area contributed by atoms with E-state index in [1.54, 1.807) is 54.6 Å². The molecule has 0 fully saturated rings. The molecule has 9 nitrogen and oxygen atoms in total. The highest BCUT2D eigenvalue weighted by Crippen LogP contribution is 2.42. The number of nitrogens with two attached hydrogens (primary N) is 1. The molecule has 5 aromatic rings. The van der Waals surface area contributed by atoms with Gasteiger partial charge in [-0.25, -0.2) is 4.98 Å². The van der Waals surface area contributed by atoms with Crippen molar-refractivity contribution in [3.63, 3.8) is 0 Å². The van der Waals surface area contributed by atoms with E-state index in [0.29, 0.717) is 37.3 Å². The fourth-order valence-electron chi connectivity index (χ4n) is 3.76. The summed E-state index contributed by atoms with van der Waals surface area (Å²) < 4.78 is 18.3. The number of primary amides is 1. The molecule has 0 unspecified atom stereocenters. The Morgan fingerprint density at radius 1 is 1.21 bits per heavy atom. The molecule has 0 spiro atoms. The van der Waals surface area contributed by atoms with Gasteiger partial charge in [0.1, 0.15) is 10.6 Å². The lowest BCUT2D eigenvalue weighted by Gasteiger charge is -2.14. The normalized spacial score (nSPS) is 11.5. The van der Waals surface area contributed by atoms with Gasteiger partial charge in [0.15, 0.2) is 23.9 Å². The third kappa shape index (κ3) is 4.85. The van der Waals surface area contributed by atoms with Gasteiger partial charge < -0.3 is 19.6 Å². The Bertz CT molecular complexity index is 1820. The number of benzene rings is 3. The van der Waals surface area contributed by atoms with Crippen LogP contribution in [0.25, 0.3) is 33.5 Å². The SMILES string of the molecule is COc1cc(C=Nn2c(-c3cc4cc(Cl)ccc4o3)nc3ccccc3c2=O)c(Br)c(Cl)c1OCC(N)=O. The van der Waals surface area contributed by atoms with Crippen molar-refractivity contribution in [2.24, 2.45) is 10.8 Å². The molecular weight excluding hydrogens is 599 g/mol. The first-order valence-corrected chi connectivity index (χ1v) is 12.5. The highest BCUT2D eigenvalue weighted by molar-refractivity contribution is 9.10. The van der Waals surface area contributed by atoms with Gasteiger partial charge in [0.05, 0.1) is 24.2 Å². The number of carbonyl (C=O) groups excluding carboxylic acids is 1. The summed E-state index contributed by atoms with van der Waals surface area (Å²) in [7, 11) is 1.42. The van der Waals surface area contributed by atoms with Gasteiger partial charge in [-0.15, -0.1) is 0 Å². The van der Waals surface area contributed by atoms with Crippen LogP contribution in [0, 0.1) is 0 Å². The lowest BCUT2D eigenvalue weighted by Crippen LogP contribution is -2.20. The summed E-state index contributed by atoms with van der Waals surface area (Å²) in [6.45, 7) is -0.389. The number of hydrogen-bond donors (Lipinski definition) is 1. The zero-order valence-corrected chi connectivity index (χ0v) is 22.7. The second-order valence-corrected chi connectivity index (χ2v) is 9.59.